The predicted octanol–water partition coefficient (Wildman–Crippen LogP) is 2.55. The number of amides is 1. The van der Waals surface area contributed by atoms with Crippen molar-refractivity contribution in [2.45, 2.75) is 27.2 Å². The van der Waals surface area contributed by atoms with Gasteiger partial charge in [-0.25, -0.2) is 0 Å². The van der Waals surface area contributed by atoms with E-state index in [0.717, 1.165) is 24.3 Å². The summed E-state index contributed by atoms with van der Waals surface area (Å²) in [5.41, 5.74) is 2.37. The van der Waals surface area contributed by atoms with E-state index in [9.17, 15) is 4.79 Å². The first-order valence-electron chi connectivity index (χ1n) is 6.39. The lowest BCUT2D eigenvalue weighted by molar-refractivity contribution is 0.0775. The Kier molecular flexibility index (Phi) is 5.13. The molecule has 100 valence electrons. The lowest BCUT2D eigenvalue weighted by atomic mass is 10.1. The molecule has 0 aliphatic rings. The third kappa shape index (κ3) is 3.45. The molecular weight excluding hydrogens is 226 g/mol. The average Bonchev–Trinajstić information content (AvgIpc) is 2.37. The van der Waals surface area contributed by atoms with Crippen molar-refractivity contribution in [1.82, 2.24) is 9.88 Å². The van der Waals surface area contributed by atoms with Gasteiger partial charge in [0.2, 0.25) is 0 Å². The van der Waals surface area contributed by atoms with Crippen LogP contribution in [0, 0.1) is 12.8 Å². The minimum atomic E-state index is 0.0205. The van der Waals surface area contributed by atoms with Crippen LogP contribution in [0.1, 0.15) is 36.3 Å². The number of hydrogen-bond acceptors (Lipinski definition) is 3. The summed E-state index contributed by atoms with van der Waals surface area (Å²) in [6, 6.07) is 1.89. The summed E-state index contributed by atoms with van der Waals surface area (Å²) in [6.07, 6.45) is 2.72. The number of hydrogen-bond donors (Lipinski definition) is 1. The number of nitrogens with zero attached hydrogens (tertiary/aromatic N) is 2. The maximum absolute atomic E-state index is 12.3. The van der Waals surface area contributed by atoms with Gasteiger partial charge in [-0.3, -0.25) is 9.78 Å². The fourth-order valence-electron chi connectivity index (χ4n) is 1.82. The van der Waals surface area contributed by atoms with Crippen molar-refractivity contribution in [3.8, 4) is 0 Å². The summed E-state index contributed by atoms with van der Waals surface area (Å²) in [4.78, 5) is 18.3. The SMILES string of the molecule is CCC(C)CN(C)C(=O)c1cnc(C)cc1NC. The van der Waals surface area contributed by atoms with Gasteiger partial charge in [-0.1, -0.05) is 20.3 Å². The van der Waals surface area contributed by atoms with Gasteiger partial charge >= 0.3 is 0 Å². The highest BCUT2D eigenvalue weighted by Gasteiger charge is 2.17. The zero-order chi connectivity index (χ0) is 13.7. The van der Waals surface area contributed by atoms with Crippen molar-refractivity contribution >= 4 is 11.6 Å². The summed E-state index contributed by atoms with van der Waals surface area (Å²) in [5, 5.41) is 3.05. The Morgan fingerprint density at radius 1 is 1.56 bits per heavy atom. The quantitative estimate of drug-likeness (QED) is 0.872. The van der Waals surface area contributed by atoms with E-state index in [1.165, 1.54) is 0 Å². The highest BCUT2D eigenvalue weighted by molar-refractivity contribution is 5.99. The molecule has 1 unspecified atom stereocenters. The molecule has 0 bridgehead atoms. The van der Waals surface area contributed by atoms with Gasteiger partial charge in [-0.05, 0) is 18.9 Å². The number of aromatic nitrogens is 1. The molecule has 0 radical (unpaired) electrons. The van der Waals surface area contributed by atoms with Crippen LogP contribution >= 0.6 is 0 Å². The molecule has 1 rings (SSSR count). The number of carbonyl (C=O) groups excluding carboxylic acids is 1. The first-order chi connectivity index (χ1) is 8.49. The number of carbonyl (C=O) groups is 1. The second kappa shape index (κ2) is 6.38. The van der Waals surface area contributed by atoms with E-state index in [2.05, 4.69) is 24.1 Å². The fourth-order valence-corrected chi connectivity index (χ4v) is 1.82. The van der Waals surface area contributed by atoms with Crippen molar-refractivity contribution in [1.29, 1.82) is 0 Å². The molecule has 18 heavy (non-hydrogen) atoms. The highest BCUT2D eigenvalue weighted by Crippen LogP contribution is 2.17. The van der Waals surface area contributed by atoms with Crippen molar-refractivity contribution in [3.63, 3.8) is 0 Å². The molecule has 0 fully saturated rings. The Morgan fingerprint density at radius 2 is 2.22 bits per heavy atom. The first-order valence-corrected chi connectivity index (χ1v) is 6.39. The van der Waals surface area contributed by atoms with E-state index in [-0.39, 0.29) is 5.91 Å². The van der Waals surface area contributed by atoms with Crippen molar-refractivity contribution in [3.05, 3.63) is 23.5 Å². The van der Waals surface area contributed by atoms with E-state index < -0.39 is 0 Å². The molecule has 4 nitrogen and oxygen atoms in total. The Balaban J connectivity index is 2.89. The van der Waals surface area contributed by atoms with Crippen LogP contribution in [-0.2, 0) is 0 Å². The maximum atomic E-state index is 12.3. The van der Waals surface area contributed by atoms with Gasteiger partial charge in [0.25, 0.3) is 5.91 Å². The second-order valence-electron chi connectivity index (χ2n) is 4.82. The fraction of sp³-hybridized carbons (Fsp3) is 0.571. The summed E-state index contributed by atoms with van der Waals surface area (Å²) < 4.78 is 0. The third-order valence-electron chi connectivity index (χ3n) is 3.17. The van der Waals surface area contributed by atoms with Gasteiger partial charge in [-0.2, -0.15) is 0 Å². The Labute approximate surface area is 109 Å². The molecular formula is C14H23N3O. The molecule has 0 saturated heterocycles. The van der Waals surface area contributed by atoms with Gasteiger partial charge in [0.15, 0.2) is 0 Å². The summed E-state index contributed by atoms with van der Waals surface area (Å²) in [7, 11) is 3.66. The largest absolute Gasteiger partial charge is 0.387 e. The molecule has 0 aromatic carbocycles. The van der Waals surface area contributed by atoms with Gasteiger partial charge in [-0.15, -0.1) is 0 Å². The summed E-state index contributed by atoms with van der Waals surface area (Å²) >= 11 is 0. The standard InChI is InChI=1S/C14H23N3O/c1-6-10(2)9-17(5)14(18)12-8-16-11(3)7-13(12)15-4/h7-8,10H,6,9H2,1-5H3,(H,15,16). The van der Waals surface area contributed by atoms with Gasteiger partial charge < -0.3 is 10.2 Å². The third-order valence-corrected chi connectivity index (χ3v) is 3.17. The van der Waals surface area contributed by atoms with Crippen LogP contribution in [0.25, 0.3) is 0 Å². The van der Waals surface area contributed by atoms with E-state index in [1.807, 2.05) is 27.1 Å². The van der Waals surface area contributed by atoms with Crippen molar-refractivity contribution < 1.29 is 4.79 Å². The zero-order valence-corrected chi connectivity index (χ0v) is 11.9. The maximum Gasteiger partial charge on any atom is 0.257 e. The highest BCUT2D eigenvalue weighted by atomic mass is 16.2. The van der Waals surface area contributed by atoms with Crippen LogP contribution in [0.15, 0.2) is 12.3 Å². The number of nitrogens with one attached hydrogen (secondary N) is 1. The number of rotatable bonds is 5. The van der Waals surface area contributed by atoms with E-state index in [0.29, 0.717) is 11.5 Å². The van der Waals surface area contributed by atoms with E-state index >= 15 is 0 Å². The lowest BCUT2D eigenvalue weighted by Crippen LogP contribution is -2.31. The van der Waals surface area contributed by atoms with Crippen molar-refractivity contribution in [2.24, 2.45) is 5.92 Å². The molecule has 1 aromatic heterocycles. The van der Waals surface area contributed by atoms with Gasteiger partial charge in [0.1, 0.15) is 0 Å². The molecule has 1 aromatic rings. The van der Waals surface area contributed by atoms with E-state index in [4.69, 9.17) is 0 Å². The molecule has 1 amide bonds. The molecule has 0 aliphatic carbocycles. The van der Waals surface area contributed by atoms with Crippen LogP contribution in [-0.4, -0.2) is 36.4 Å². The minimum absolute atomic E-state index is 0.0205. The van der Waals surface area contributed by atoms with Crippen molar-refractivity contribution in [2.75, 3.05) is 26.0 Å². The second-order valence-corrected chi connectivity index (χ2v) is 4.82. The van der Waals surface area contributed by atoms with Crippen LogP contribution in [0.5, 0.6) is 0 Å². The Morgan fingerprint density at radius 3 is 2.78 bits per heavy atom. The zero-order valence-electron chi connectivity index (χ0n) is 11.9. The number of anilines is 1. The molecule has 1 heterocycles. The minimum Gasteiger partial charge on any atom is -0.387 e. The van der Waals surface area contributed by atoms with Crippen LogP contribution < -0.4 is 5.32 Å². The lowest BCUT2D eigenvalue weighted by Gasteiger charge is -2.22. The van der Waals surface area contributed by atoms with Crippen LogP contribution in [0.3, 0.4) is 0 Å². The Bertz CT molecular complexity index is 418. The molecule has 1 atom stereocenters. The predicted molar refractivity (Wildman–Crippen MR) is 74.9 cm³/mol. The van der Waals surface area contributed by atoms with E-state index in [1.54, 1.807) is 11.1 Å². The topological polar surface area (TPSA) is 45.2 Å². The summed E-state index contributed by atoms with van der Waals surface area (Å²) in [6.45, 7) is 6.97. The molecule has 0 aliphatic heterocycles. The molecule has 1 N–H and O–H groups in total. The normalized spacial score (nSPS) is 12.1. The Hall–Kier alpha value is -1.58. The first kappa shape index (κ1) is 14.5. The van der Waals surface area contributed by atoms with Crippen LogP contribution in [0.4, 0.5) is 5.69 Å². The number of pyridine rings is 1. The monoisotopic (exact) mass is 249 g/mol. The smallest absolute Gasteiger partial charge is 0.257 e. The van der Waals surface area contributed by atoms with Gasteiger partial charge in [0.05, 0.1) is 11.3 Å². The van der Waals surface area contributed by atoms with Gasteiger partial charge in [0, 0.05) is 32.5 Å². The van der Waals surface area contributed by atoms with Crippen LogP contribution in [0.2, 0.25) is 0 Å². The summed E-state index contributed by atoms with van der Waals surface area (Å²) in [5.74, 6) is 0.530. The molecule has 0 spiro atoms. The molecule has 0 saturated carbocycles. The average molecular weight is 249 g/mol. The number of aryl methyl sites for hydroxylation is 1. The molecule has 4 heteroatoms.